The lowest BCUT2D eigenvalue weighted by atomic mass is 10.3. The molecular weight excluding hydrogens is 381 g/mol. The Bertz CT molecular complexity index is 651. The number of likely N-dealkylation sites (tertiary alicyclic amines) is 1. The molecule has 0 bridgehead atoms. The van der Waals surface area contributed by atoms with E-state index in [2.05, 4.69) is 10.6 Å². The maximum atomic E-state index is 12.1. The molecule has 1 aromatic rings. The van der Waals surface area contributed by atoms with Gasteiger partial charge in [0.2, 0.25) is 5.91 Å². The van der Waals surface area contributed by atoms with Crippen LogP contribution in [-0.4, -0.2) is 46.6 Å². The van der Waals surface area contributed by atoms with Crippen molar-refractivity contribution >= 4 is 52.6 Å². The second kappa shape index (κ2) is 8.06. The molecule has 8 heteroatoms. The number of hydrogen-bond donors (Lipinski definition) is 2. The van der Waals surface area contributed by atoms with E-state index < -0.39 is 4.33 Å². The molecule has 2 fully saturated rings. The van der Waals surface area contributed by atoms with Gasteiger partial charge in [0.15, 0.2) is 0 Å². The van der Waals surface area contributed by atoms with Gasteiger partial charge < -0.3 is 15.5 Å². The van der Waals surface area contributed by atoms with E-state index in [0.29, 0.717) is 5.69 Å². The topological polar surface area (TPSA) is 61.4 Å². The van der Waals surface area contributed by atoms with E-state index in [1.165, 1.54) is 0 Å². The van der Waals surface area contributed by atoms with Crippen LogP contribution in [0.25, 0.3) is 0 Å². The van der Waals surface area contributed by atoms with Crippen molar-refractivity contribution in [3.8, 4) is 0 Å². The number of nitrogens with zero attached hydrogens (tertiary/aromatic N) is 1. The maximum absolute atomic E-state index is 12.1. The number of benzene rings is 1. The minimum absolute atomic E-state index is 0.0181. The molecule has 5 nitrogen and oxygen atoms in total. The highest BCUT2D eigenvalue weighted by molar-refractivity contribution is 7.99. The Morgan fingerprint density at radius 3 is 2.60 bits per heavy atom. The Morgan fingerprint density at radius 1 is 1.24 bits per heavy atom. The fourth-order valence-corrected chi connectivity index (χ4v) is 4.68. The van der Waals surface area contributed by atoms with Crippen LogP contribution in [0.1, 0.15) is 19.3 Å². The Kier molecular flexibility index (Phi) is 6.02. The summed E-state index contributed by atoms with van der Waals surface area (Å²) in [5.74, 6) is 1.05. The number of para-hydroxylation sites is 1. The molecule has 136 valence electrons. The van der Waals surface area contributed by atoms with Crippen molar-refractivity contribution in [3.63, 3.8) is 0 Å². The van der Waals surface area contributed by atoms with Crippen molar-refractivity contribution in [2.45, 2.75) is 28.5 Å². The van der Waals surface area contributed by atoms with Gasteiger partial charge in [0.05, 0.1) is 12.2 Å². The second-order valence-electron chi connectivity index (χ2n) is 6.36. The minimum atomic E-state index is -0.595. The maximum Gasteiger partial charge on any atom is 0.319 e. The molecule has 2 aliphatic rings. The first-order chi connectivity index (χ1) is 12.0. The van der Waals surface area contributed by atoms with Crippen LogP contribution >= 0.6 is 35.0 Å². The summed E-state index contributed by atoms with van der Waals surface area (Å²) < 4.78 is -0.595. The average Bonchev–Trinajstić information content (AvgIpc) is 2.99. The lowest BCUT2D eigenvalue weighted by Gasteiger charge is -2.16. The molecule has 0 aromatic heterocycles. The molecule has 1 saturated carbocycles. The van der Waals surface area contributed by atoms with E-state index in [-0.39, 0.29) is 24.4 Å². The number of halogens is 2. The van der Waals surface area contributed by atoms with Crippen molar-refractivity contribution in [2.24, 2.45) is 5.92 Å². The molecule has 1 atom stereocenters. The van der Waals surface area contributed by atoms with Crippen LogP contribution in [0.5, 0.6) is 0 Å². The van der Waals surface area contributed by atoms with Gasteiger partial charge in [-0.25, -0.2) is 4.79 Å². The molecule has 0 radical (unpaired) electrons. The highest BCUT2D eigenvalue weighted by Gasteiger charge is 2.51. The third kappa shape index (κ3) is 5.19. The predicted octanol–water partition coefficient (Wildman–Crippen LogP) is 3.72. The fourth-order valence-electron chi connectivity index (χ4n) is 2.74. The van der Waals surface area contributed by atoms with Gasteiger partial charge in [0, 0.05) is 29.7 Å². The van der Waals surface area contributed by atoms with Crippen LogP contribution in [0.15, 0.2) is 29.2 Å². The molecule has 3 amide bonds. The largest absolute Gasteiger partial charge is 0.341 e. The first-order valence-electron chi connectivity index (χ1n) is 8.38. The highest BCUT2D eigenvalue weighted by atomic mass is 35.5. The van der Waals surface area contributed by atoms with Crippen molar-refractivity contribution in [1.29, 1.82) is 0 Å². The molecule has 1 aliphatic heterocycles. The van der Waals surface area contributed by atoms with Crippen molar-refractivity contribution in [1.82, 2.24) is 10.2 Å². The zero-order valence-electron chi connectivity index (χ0n) is 13.8. The summed E-state index contributed by atoms with van der Waals surface area (Å²) in [6.07, 6.45) is 2.88. The summed E-state index contributed by atoms with van der Waals surface area (Å²) in [7, 11) is 0. The summed E-state index contributed by atoms with van der Waals surface area (Å²) in [5.41, 5.74) is 0.717. The van der Waals surface area contributed by atoms with E-state index in [4.69, 9.17) is 23.2 Å². The number of nitrogens with one attached hydrogen (secondary N) is 2. The average molecular weight is 402 g/mol. The predicted molar refractivity (Wildman–Crippen MR) is 103 cm³/mol. The standard InChI is InChI=1S/C17H21Cl2N3O2S/c18-17(19)9-12(17)11-25-14-6-2-1-5-13(14)21-16(24)20-10-15(23)22-7-3-4-8-22/h1-2,5-6,12H,3-4,7-11H2,(H2,20,21,24). The lowest BCUT2D eigenvalue weighted by Crippen LogP contribution is -2.40. The third-order valence-corrected chi connectivity index (χ3v) is 6.55. The summed E-state index contributed by atoms with van der Waals surface area (Å²) in [5, 5.41) is 5.45. The summed E-state index contributed by atoms with van der Waals surface area (Å²) in [6.45, 7) is 1.58. The first-order valence-corrected chi connectivity index (χ1v) is 10.1. The zero-order chi connectivity index (χ0) is 17.9. The Balaban J connectivity index is 1.48. The number of anilines is 1. The molecule has 25 heavy (non-hydrogen) atoms. The highest BCUT2D eigenvalue weighted by Crippen LogP contribution is 2.55. The molecule has 1 saturated heterocycles. The summed E-state index contributed by atoms with van der Waals surface area (Å²) in [4.78, 5) is 26.8. The Labute approximate surface area is 161 Å². The molecular formula is C17H21Cl2N3O2S. The van der Waals surface area contributed by atoms with Gasteiger partial charge in [-0.2, -0.15) is 0 Å². The second-order valence-corrected chi connectivity index (χ2v) is 8.97. The van der Waals surface area contributed by atoms with Gasteiger partial charge >= 0.3 is 6.03 Å². The van der Waals surface area contributed by atoms with Gasteiger partial charge in [0.1, 0.15) is 4.33 Å². The first kappa shape index (κ1) is 18.7. The van der Waals surface area contributed by atoms with Gasteiger partial charge in [-0.15, -0.1) is 35.0 Å². The number of hydrogen-bond acceptors (Lipinski definition) is 3. The number of amides is 3. The SMILES string of the molecule is O=C(NCC(=O)N1CCCC1)Nc1ccccc1SCC1CC1(Cl)Cl. The number of carbonyl (C=O) groups excluding carboxylic acids is 2. The molecule has 2 N–H and O–H groups in total. The lowest BCUT2D eigenvalue weighted by molar-refractivity contribution is -0.128. The van der Waals surface area contributed by atoms with Gasteiger partial charge in [-0.3, -0.25) is 4.79 Å². The zero-order valence-corrected chi connectivity index (χ0v) is 16.1. The van der Waals surface area contributed by atoms with Crippen LogP contribution in [0, 0.1) is 5.92 Å². The van der Waals surface area contributed by atoms with E-state index in [9.17, 15) is 9.59 Å². The summed E-state index contributed by atoms with van der Waals surface area (Å²) in [6, 6.07) is 7.19. The Hall–Kier alpha value is -1.11. The van der Waals surface area contributed by atoms with E-state index in [0.717, 1.165) is 43.0 Å². The molecule has 1 aliphatic carbocycles. The quantitative estimate of drug-likeness (QED) is 0.563. The molecule has 1 aromatic carbocycles. The normalized spacial score (nSPS) is 21.0. The van der Waals surface area contributed by atoms with Crippen LogP contribution in [-0.2, 0) is 4.79 Å². The smallest absolute Gasteiger partial charge is 0.319 e. The number of thioether (sulfide) groups is 1. The number of rotatable bonds is 6. The molecule has 3 rings (SSSR count). The van der Waals surface area contributed by atoms with E-state index >= 15 is 0 Å². The van der Waals surface area contributed by atoms with Gasteiger partial charge in [-0.05, 0) is 31.4 Å². The van der Waals surface area contributed by atoms with Gasteiger partial charge in [0.25, 0.3) is 0 Å². The summed E-state index contributed by atoms with van der Waals surface area (Å²) >= 11 is 13.7. The van der Waals surface area contributed by atoms with E-state index in [1.807, 2.05) is 24.3 Å². The van der Waals surface area contributed by atoms with Crippen LogP contribution in [0.3, 0.4) is 0 Å². The number of carbonyl (C=O) groups is 2. The van der Waals surface area contributed by atoms with Crippen LogP contribution in [0.2, 0.25) is 0 Å². The van der Waals surface area contributed by atoms with E-state index in [1.54, 1.807) is 16.7 Å². The monoisotopic (exact) mass is 401 g/mol. The number of alkyl halides is 2. The third-order valence-electron chi connectivity index (χ3n) is 4.39. The molecule has 1 heterocycles. The molecule has 0 spiro atoms. The van der Waals surface area contributed by atoms with Gasteiger partial charge in [-0.1, -0.05) is 12.1 Å². The van der Waals surface area contributed by atoms with Crippen molar-refractivity contribution in [3.05, 3.63) is 24.3 Å². The van der Waals surface area contributed by atoms with Crippen LogP contribution < -0.4 is 10.6 Å². The van der Waals surface area contributed by atoms with Crippen molar-refractivity contribution in [2.75, 3.05) is 30.7 Å². The minimum Gasteiger partial charge on any atom is -0.341 e. The Morgan fingerprint density at radius 2 is 1.92 bits per heavy atom. The fraction of sp³-hybridized carbons (Fsp3) is 0.529. The molecule has 1 unspecified atom stereocenters. The number of urea groups is 1. The van der Waals surface area contributed by atoms with Crippen molar-refractivity contribution < 1.29 is 9.59 Å². The van der Waals surface area contributed by atoms with Crippen LogP contribution in [0.4, 0.5) is 10.5 Å².